The predicted molar refractivity (Wildman–Crippen MR) is 68.5 cm³/mol. The highest BCUT2D eigenvalue weighted by atomic mass is 16.4. The Hall–Kier alpha value is -1.81. The lowest BCUT2D eigenvalue weighted by molar-refractivity contribution is -0.138. The summed E-state index contributed by atoms with van der Waals surface area (Å²) in [7, 11) is 0. The minimum Gasteiger partial charge on any atom is -0.480 e. The molecular weight excluding hydrogens is 248 g/mol. The van der Waals surface area contributed by atoms with Crippen LogP contribution in [0.4, 0.5) is 4.79 Å². The molecule has 0 unspecified atom stereocenters. The number of nitriles is 1. The number of hydrogen-bond donors (Lipinski definition) is 1. The predicted octanol–water partition coefficient (Wildman–Crippen LogP) is 0.0442. The maximum atomic E-state index is 12.2. The molecule has 1 N–H and O–H groups in total. The lowest BCUT2D eigenvalue weighted by atomic mass is 10.3. The quantitative estimate of drug-likeness (QED) is 0.761. The summed E-state index contributed by atoms with van der Waals surface area (Å²) in [6, 6.07) is 1.97. The highest BCUT2D eigenvalue weighted by Gasteiger charge is 2.24. The minimum atomic E-state index is -0.844. The number of nitrogens with zero attached hydrogens (tertiary/aromatic N) is 4. The Morgan fingerprint density at radius 3 is 2.42 bits per heavy atom. The van der Waals surface area contributed by atoms with E-state index in [0.717, 1.165) is 0 Å². The molecule has 1 fully saturated rings. The Morgan fingerprint density at radius 2 is 1.95 bits per heavy atom. The molecule has 1 aliphatic rings. The fourth-order valence-corrected chi connectivity index (χ4v) is 2.06. The van der Waals surface area contributed by atoms with Crippen LogP contribution in [-0.4, -0.2) is 77.6 Å². The van der Waals surface area contributed by atoms with Crippen LogP contribution in [0.15, 0.2) is 0 Å². The van der Waals surface area contributed by atoms with Gasteiger partial charge in [-0.15, -0.1) is 0 Å². The van der Waals surface area contributed by atoms with Crippen molar-refractivity contribution in [2.45, 2.75) is 13.3 Å². The maximum absolute atomic E-state index is 12.2. The van der Waals surface area contributed by atoms with Crippen molar-refractivity contribution in [3.8, 4) is 6.07 Å². The van der Waals surface area contributed by atoms with Gasteiger partial charge in [-0.2, -0.15) is 5.26 Å². The molecule has 1 aliphatic heterocycles. The Labute approximate surface area is 113 Å². The van der Waals surface area contributed by atoms with Gasteiger partial charge >= 0.3 is 12.0 Å². The number of amides is 2. The first-order chi connectivity index (χ1) is 9.08. The number of carbonyl (C=O) groups excluding carboxylic acids is 1. The van der Waals surface area contributed by atoms with Crippen molar-refractivity contribution in [3.63, 3.8) is 0 Å². The van der Waals surface area contributed by atoms with E-state index in [1.54, 1.807) is 9.80 Å². The van der Waals surface area contributed by atoms with Gasteiger partial charge in [0.05, 0.1) is 19.0 Å². The topological polar surface area (TPSA) is 87.9 Å². The molecule has 0 aromatic heterocycles. The first kappa shape index (κ1) is 15.2. The van der Waals surface area contributed by atoms with Crippen LogP contribution in [0.25, 0.3) is 0 Å². The maximum Gasteiger partial charge on any atom is 0.320 e. The standard InChI is InChI=1S/C12H20N4O3/c1-2-15(5-3-4-13)12(19)16-8-6-14(7-9-16)10-11(17)18/h2-3,5-10H2,1H3,(H,17,18). The average molecular weight is 268 g/mol. The van der Waals surface area contributed by atoms with E-state index in [-0.39, 0.29) is 12.6 Å². The van der Waals surface area contributed by atoms with Crippen LogP contribution in [0.5, 0.6) is 0 Å². The van der Waals surface area contributed by atoms with Crippen LogP contribution < -0.4 is 0 Å². The zero-order valence-electron chi connectivity index (χ0n) is 11.2. The van der Waals surface area contributed by atoms with Crippen LogP contribution in [0, 0.1) is 11.3 Å². The normalized spacial score (nSPS) is 15.9. The van der Waals surface area contributed by atoms with Crippen molar-refractivity contribution in [3.05, 3.63) is 0 Å². The summed E-state index contributed by atoms with van der Waals surface area (Å²) < 4.78 is 0. The highest BCUT2D eigenvalue weighted by molar-refractivity contribution is 5.74. The van der Waals surface area contributed by atoms with E-state index in [9.17, 15) is 9.59 Å². The van der Waals surface area contributed by atoms with Crippen molar-refractivity contribution in [2.24, 2.45) is 0 Å². The Kier molecular flexibility index (Phi) is 6.09. The second kappa shape index (κ2) is 7.59. The molecule has 7 heteroatoms. The van der Waals surface area contributed by atoms with Crippen LogP contribution in [0.2, 0.25) is 0 Å². The van der Waals surface area contributed by atoms with Gasteiger partial charge in [0.25, 0.3) is 0 Å². The molecular formula is C12H20N4O3. The van der Waals surface area contributed by atoms with Gasteiger partial charge in [0.15, 0.2) is 0 Å². The Balaban J connectivity index is 2.43. The lowest BCUT2D eigenvalue weighted by Gasteiger charge is -2.36. The molecule has 2 amide bonds. The number of carbonyl (C=O) groups is 2. The van der Waals surface area contributed by atoms with Gasteiger partial charge in [-0.3, -0.25) is 9.69 Å². The molecule has 7 nitrogen and oxygen atoms in total. The summed E-state index contributed by atoms with van der Waals surface area (Å²) in [6.45, 7) is 5.16. The molecule has 1 saturated heterocycles. The molecule has 0 bridgehead atoms. The third-order valence-electron chi connectivity index (χ3n) is 3.15. The third-order valence-corrected chi connectivity index (χ3v) is 3.15. The summed E-state index contributed by atoms with van der Waals surface area (Å²) in [5, 5.41) is 17.3. The van der Waals surface area contributed by atoms with E-state index in [0.29, 0.717) is 45.7 Å². The molecule has 0 aromatic rings. The summed E-state index contributed by atoms with van der Waals surface area (Å²) in [4.78, 5) is 28.0. The Morgan fingerprint density at radius 1 is 1.32 bits per heavy atom. The molecule has 0 spiro atoms. The van der Waals surface area contributed by atoms with Gasteiger partial charge in [0.2, 0.25) is 0 Å². The van der Waals surface area contributed by atoms with E-state index in [4.69, 9.17) is 10.4 Å². The molecule has 0 aromatic carbocycles. The summed E-state index contributed by atoms with van der Waals surface area (Å²) in [5.41, 5.74) is 0. The number of aliphatic carboxylic acids is 1. The van der Waals surface area contributed by atoms with E-state index in [1.165, 1.54) is 0 Å². The van der Waals surface area contributed by atoms with Gasteiger partial charge < -0.3 is 14.9 Å². The number of carboxylic acid groups (broad SMARTS) is 1. The smallest absolute Gasteiger partial charge is 0.320 e. The molecule has 19 heavy (non-hydrogen) atoms. The van der Waals surface area contributed by atoms with E-state index in [2.05, 4.69) is 0 Å². The SMILES string of the molecule is CCN(CCC#N)C(=O)N1CCN(CC(=O)O)CC1. The largest absolute Gasteiger partial charge is 0.480 e. The van der Waals surface area contributed by atoms with Gasteiger partial charge in [-0.25, -0.2) is 4.79 Å². The second-order valence-electron chi connectivity index (χ2n) is 4.43. The van der Waals surface area contributed by atoms with Crippen LogP contribution in [0.3, 0.4) is 0 Å². The van der Waals surface area contributed by atoms with Crippen LogP contribution >= 0.6 is 0 Å². The molecule has 1 heterocycles. The molecule has 0 radical (unpaired) electrons. The summed E-state index contributed by atoms with van der Waals surface area (Å²) in [6.07, 6.45) is 0.332. The van der Waals surface area contributed by atoms with Gasteiger partial charge in [0.1, 0.15) is 0 Å². The monoisotopic (exact) mass is 268 g/mol. The molecule has 106 valence electrons. The minimum absolute atomic E-state index is 0.0218. The summed E-state index contributed by atoms with van der Waals surface area (Å²) in [5.74, 6) is -0.844. The van der Waals surface area contributed by atoms with Crippen LogP contribution in [0.1, 0.15) is 13.3 Å². The Bertz CT molecular complexity index is 358. The zero-order chi connectivity index (χ0) is 14.3. The number of piperazine rings is 1. The zero-order valence-corrected chi connectivity index (χ0v) is 11.2. The number of hydrogen-bond acceptors (Lipinski definition) is 4. The average Bonchev–Trinajstić information content (AvgIpc) is 2.39. The molecule has 0 aliphatic carbocycles. The van der Waals surface area contributed by atoms with Crippen molar-refractivity contribution >= 4 is 12.0 Å². The van der Waals surface area contributed by atoms with Crippen molar-refractivity contribution in [1.82, 2.24) is 14.7 Å². The van der Waals surface area contributed by atoms with Crippen molar-refractivity contribution in [1.29, 1.82) is 5.26 Å². The summed E-state index contributed by atoms with van der Waals surface area (Å²) >= 11 is 0. The van der Waals surface area contributed by atoms with Gasteiger partial charge in [-0.05, 0) is 6.92 Å². The van der Waals surface area contributed by atoms with Crippen LogP contribution in [-0.2, 0) is 4.79 Å². The molecule has 1 rings (SSSR count). The number of rotatable bonds is 5. The van der Waals surface area contributed by atoms with E-state index >= 15 is 0 Å². The van der Waals surface area contributed by atoms with Crippen molar-refractivity contribution in [2.75, 3.05) is 45.8 Å². The lowest BCUT2D eigenvalue weighted by Crippen LogP contribution is -2.53. The van der Waals surface area contributed by atoms with Gasteiger partial charge in [-0.1, -0.05) is 0 Å². The first-order valence-electron chi connectivity index (χ1n) is 6.43. The van der Waals surface area contributed by atoms with E-state index in [1.807, 2.05) is 17.9 Å². The molecule has 0 atom stereocenters. The first-order valence-corrected chi connectivity index (χ1v) is 6.43. The van der Waals surface area contributed by atoms with Gasteiger partial charge in [0, 0.05) is 39.3 Å². The number of carboxylic acids is 1. The van der Waals surface area contributed by atoms with Crippen molar-refractivity contribution < 1.29 is 14.7 Å². The fraction of sp³-hybridized carbons (Fsp3) is 0.750. The third kappa shape index (κ3) is 4.75. The fourth-order valence-electron chi connectivity index (χ4n) is 2.06. The number of urea groups is 1. The van der Waals surface area contributed by atoms with E-state index < -0.39 is 5.97 Å². The molecule has 0 saturated carbocycles. The second-order valence-corrected chi connectivity index (χ2v) is 4.43. The highest BCUT2D eigenvalue weighted by Crippen LogP contribution is 2.06.